The average molecular weight is 279 g/mol. The molecule has 1 aromatic rings. The second kappa shape index (κ2) is 4.71. The van der Waals surface area contributed by atoms with Crippen LogP contribution in [0.4, 0.5) is 24.7 Å². The SMILES string of the molecule is CC(Nc1ncccc1[N+](=O)[O-])(C(=O)O)C(F)(F)F. The molecule has 104 valence electrons. The van der Waals surface area contributed by atoms with Crippen LogP contribution in [0.1, 0.15) is 6.92 Å². The van der Waals surface area contributed by atoms with E-state index >= 15 is 0 Å². The normalized spacial score (nSPS) is 14.5. The summed E-state index contributed by atoms with van der Waals surface area (Å²) in [5.74, 6) is -2.99. The van der Waals surface area contributed by atoms with Gasteiger partial charge in [-0.15, -0.1) is 0 Å². The van der Waals surface area contributed by atoms with Crippen molar-refractivity contribution in [2.24, 2.45) is 0 Å². The van der Waals surface area contributed by atoms with Crippen molar-refractivity contribution in [1.82, 2.24) is 4.98 Å². The lowest BCUT2D eigenvalue weighted by Gasteiger charge is -2.28. The molecule has 0 aromatic carbocycles. The Morgan fingerprint density at radius 2 is 2.11 bits per heavy atom. The summed E-state index contributed by atoms with van der Waals surface area (Å²) in [4.78, 5) is 23.8. The van der Waals surface area contributed by atoms with Gasteiger partial charge in [-0.05, 0) is 13.0 Å². The summed E-state index contributed by atoms with van der Waals surface area (Å²) in [6, 6.07) is 2.06. The van der Waals surface area contributed by atoms with Crippen LogP contribution in [0.5, 0.6) is 0 Å². The van der Waals surface area contributed by atoms with Crippen LogP contribution in [0.15, 0.2) is 18.3 Å². The number of pyridine rings is 1. The highest BCUT2D eigenvalue weighted by molar-refractivity contribution is 5.84. The number of nitrogens with one attached hydrogen (secondary N) is 1. The molecule has 7 nitrogen and oxygen atoms in total. The number of hydrogen-bond donors (Lipinski definition) is 2. The number of aromatic nitrogens is 1. The van der Waals surface area contributed by atoms with Crippen molar-refractivity contribution in [3.8, 4) is 0 Å². The molecular weight excluding hydrogens is 271 g/mol. The van der Waals surface area contributed by atoms with E-state index in [4.69, 9.17) is 5.11 Å². The second-order valence-electron chi connectivity index (χ2n) is 3.68. The fourth-order valence-electron chi connectivity index (χ4n) is 1.12. The maximum absolute atomic E-state index is 12.7. The maximum atomic E-state index is 12.7. The second-order valence-corrected chi connectivity index (χ2v) is 3.68. The summed E-state index contributed by atoms with van der Waals surface area (Å²) in [5, 5.41) is 20.9. The number of nitrogens with zero attached hydrogens (tertiary/aromatic N) is 2. The molecule has 0 aliphatic heterocycles. The number of alkyl halides is 3. The van der Waals surface area contributed by atoms with Gasteiger partial charge in [0.1, 0.15) is 0 Å². The minimum absolute atomic E-state index is 0.355. The quantitative estimate of drug-likeness (QED) is 0.643. The molecule has 0 amide bonds. The molecule has 0 fully saturated rings. The van der Waals surface area contributed by atoms with Gasteiger partial charge in [0.15, 0.2) is 0 Å². The molecule has 0 saturated heterocycles. The van der Waals surface area contributed by atoms with Crippen molar-refractivity contribution in [1.29, 1.82) is 0 Å². The number of aliphatic carboxylic acids is 1. The van der Waals surface area contributed by atoms with Crippen molar-refractivity contribution in [3.05, 3.63) is 28.4 Å². The molecule has 0 radical (unpaired) electrons. The molecular formula is C9H8F3N3O4. The molecule has 1 atom stereocenters. The smallest absolute Gasteiger partial charge is 0.422 e. The highest BCUT2D eigenvalue weighted by atomic mass is 19.4. The minimum atomic E-state index is -5.16. The van der Waals surface area contributed by atoms with Gasteiger partial charge in [0.25, 0.3) is 0 Å². The summed E-state index contributed by atoms with van der Waals surface area (Å²) < 4.78 is 38.2. The molecule has 1 aromatic heterocycles. The van der Waals surface area contributed by atoms with Crippen molar-refractivity contribution in [2.75, 3.05) is 5.32 Å². The third-order valence-electron chi connectivity index (χ3n) is 2.35. The topological polar surface area (TPSA) is 105 Å². The lowest BCUT2D eigenvalue weighted by molar-refractivity contribution is -0.384. The molecule has 0 spiro atoms. The standard InChI is InChI=1S/C9H8F3N3O4/c1-8(7(16)17,9(10,11)12)14-6-5(15(18)19)3-2-4-13-6/h2-4H,1H3,(H,13,14)(H,16,17). The van der Waals surface area contributed by atoms with Crippen molar-refractivity contribution < 1.29 is 28.0 Å². The fourth-order valence-corrected chi connectivity index (χ4v) is 1.12. The molecule has 10 heteroatoms. The Kier molecular flexibility index (Phi) is 3.63. The van der Waals surface area contributed by atoms with E-state index in [1.54, 1.807) is 5.32 Å². The van der Waals surface area contributed by atoms with Gasteiger partial charge in [0, 0.05) is 12.3 Å². The number of carboxylic acid groups (broad SMARTS) is 1. The van der Waals surface area contributed by atoms with Gasteiger partial charge in [-0.3, -0.25) is 10.1 Å². The first-order valence-corrected chi connectivity index (χ1v) is 4.77. The maximum Gasteiger partial charge on any atom is 0.422 e. The van der Waals surface area contributed by atoms with Gasteiger partial charge in [-0.1, -0.05) is 0 Å². The van der Waals surface area contributed by atoms with E-state index in [-0.39, 0.29) is 0 Å². The van der Waals surface area contributed by atoms with Gasteiger partial charge >= 0.3 is 17.8 Å². The summed E-state index contributed by atoms with van der Waals surface area (Å²) in [7, 11) is 0. The molecule has 0 aliphatic carbocycles. The Labute approximate surface area is 104 Å². The van der Waals surface area contributed by atoms with E-state index in [1.165, 1.54) is 0 Å². The molecule has 1 rings (SSSR count). The Bertz CT molecular complexity index is 520. The summed E-state index contributed by atoms with van der Waals surface area (Å²) >= 11 is 0. The minimum Gasteiger partial charge on any atom is -0.479 e. The van der Waals surface area contributed by atoms with Gasteiger partial charge in [0.2, 0.25) is 11.4 Å². The highest BCUT2D eigenvalue weighted by Gasteiger charge is 2.58. The number of rotatable bonds is 4. The van der Waals surface area contributed by atoms with E-state index in [0.29, 0.717) is 6.92 Å². The Balaban J connectivity index is 3.27. The number of halogens is 3. The molecule has 19 heavy (non-hydrogen) atoms. The van der Waals surface area contributed by atoms with E-state index in [9.17, 15) is 28.1 Å². The van der Waals surface area contributed by atoms with Crippen molar-refractivity contribution in [2.45, 2.75) is 18.6 Å². The Hall–Kier alpha value is -2.39. The van der Waals surface area contributed by atoms with E-state index in [1.807, 2.05) is 0 Å². The van der Waals surface area contributed by atoms with Crippen LogP contribution in [0, 0.1) is 10.1 Å². The fraction of sp³-hybridized carbons (Fsp3) is 0.333. The molecule has 0 aliphatic rings. The number of carbonyl (C=O) groups is 1. The molecule has 0 bridgehead atoms. The van der Waals surface area contributed by atoms with E-state index < -0.39 is 34.1 Å². The number of carboxylic acids is 1. The van der Waals surface area contributed by atoms with Crippen LogP contribution >= 0.6 is 0 Å². The van der Waals surface area contributed by atoms with Crippen LogP contribution in [0.2, 0.25) is 0 Å². The van der Waals surface area contributed by atoms with E-state index in [0.717, 1.165) is 18.3 Å². The summed E-state index contributed by atoms with van der Waals surface area (Å²) in [5.41, 5.74) is -4.13. The number of nitro groups is 1. The molecule has 0 saturated carbocycles. The van der Waals surface area contributed by atoms with E-state index in [2.05, 4.69) is 4.98 Å². The zero-order valence-corrected chi connectivity index (χ0v) is 9.43. The van der Waals surface area contributed by atoms with Crippen LogP contribution in [-0.4, -0.2) is 32.7 Å². The van der Waals surface area contributed by atoms with Crippen LogP contribution in [0.3, 0.4) is 0 Å². The first-order chi connectivity index (χ1) is 8.59. The van der Waals surface area contributed by atoms with Crippen LogP contribution < -0.4 is 5.32 Å². The van der Waals surface area contributed by atoms with Gasteiger partial charge in [-0.2, -0.15) is 13.2 Å². The number of hydrogen-bond acceptors (Lipinski definition) is 5. The summed E-state index contributed by atoms with van der Waals surface area (Å²) in [6.45, 7) is 0.355. The average Bonchev–Trinajstić information content (AvgIpc) is 2.27. The van der Waals surface area contributed by atoms with Crippen molar-refractivity contribution >= 4 is 17.5 Å². The largest absolute Gasteiger partial charge is 0.479 e. The third-order valence-corrected chi connectivity index (χ3v) is 2.35. The van der Waals surface area contributed by atoms with Gasteiger partial charge in [0.05, 0.1) is 4.92 Å². The Morgan fingerprint density at radius 1 is 1.53 bits per heavy atom. The zero-order valence-electron chi connectivity index (χ0n) is 9.43. The predicted molar refractivity (Wildman–Crippen MR) is 56.6 cm³/mol. The lowest BCUT2D eigenvalue weighted by Crippen LogP contribution is -2.55. The van der Waals surface area contributed by atoms with Crippen molar-refractivity contribution in [3.63, 3.8) is 0 Å². The summed E-state index contributed by atoms with van der Waals surface area (Å²) in [6.07, 6.45) is -4.15. The molecule has 2 N–H and O–H groups in total. The number of anilines is 1. The molecule has 1 heterocycles. The van der Waals surface area contributed by atoms with Crippen LogP contribution in [0.25, 0.3) is 0 Å². The monoisotopic (exact) mass is 279 g/mol. The first kappa shape index (κ1) is 14.7. The zero-order chi connectivity index (χ0) is 14.8. The lowest BCUT2D eigenvalue weighted by atomic mass is 10.0. The van der Waals surface area contributed by atoms with Gasteiger partial charge < -0.3 is 10.4 Å². The van der Waals surface area contributed by atoms with Crippen LogP contribution in [-0.2, 0) is 4.79 Å². The highest BCUT2D eigenvalue weighted by Crippen LogP contribution is 2.35. The first-order valence-electron chi connectivity index (χ1n) is 4.77. The molecule has 1 unspecified atom stereocenters. The Morgan fingerprint density at radius 3 is 2.53 bits per heavy atom. The predicted octanol–water partition coefficient (Wildman–Crippen LogP) is 1.81. The van der Waals surface area contributed by atoms with Gasteiger partial charge in [-0.25, -0.2) is 9.78 Å². The third kappa shape index (κ3) is 2.72.